The van der Waals surface area contributed by atoms with Crippen LogP contribution in [0.4, 0.5) is 8.78 Å². The third-order valence-electron chi connectivity index (χ3n) is 1.69. The molecule has 0 spiro atoms. The Balaban J connectivity index is 3.18. The Morgan fingerprint density at radius 2 is 2.07 bits per heavy atom. The van der Waals surface area contributed by atoms with Crippen molar-refractivity contribution in [3.05, 3.63) is 41.5 Å². The molecule has 1 aromatic carbocycles. The average molecular weight is 198 g/mol. The lowest BCUT2D eigenvalue weighted by Gasteiger charge is -2.02. The van der Waals surface area contributed by atoms with E-state index in [1.54, 1.807) is 0 Å². The summed E-state index contributed by atoms with van der Waals surface area (Å²) in [6.45, 7) is 1.41. The molecule has 1 N–H and O–H groups in total. The number of rotatable bonds is 2. The molecule has 0 unspecified atom stereocenters. The van der Waals surface area contributed by atoms with Crippen molar-refractivity contribution in [3.63, 3.8) is 0 Å². The van der Waals surface area contributed by atoms with Gasteiger partial charge in [-0.1, -0.05) is 0 Å². The van der Waals surface area contributed by atoms with Gasteiger partial charge in [0.2, 0.25) is 0 Å². The number of carbonyl (C=O) groups is 1. The summed E-state index contributed by atoms with van der Waals surface area (Å²) < 4.78 is 25.8. The number of aliphatic carboxylic acids is 1. The van der Waals surface area contributed by atoms with E-state index in [0.717, 1.165) is 24.3 Å². The van der Waals surface area contributed by atoms with Gasteiger partial charge in [0, 0.05) is 11.6 Å². The maximum absolute atomic E-state index is 13.1. The molecule has 0 atom stereocenters. The van der Waals surface area contributed by atoms with E-state index < -0.39 is 17.6 Å². The Labute approximate surface area is 79.5 Å². The van der Waals surface area contributed by atoms with Crippen molar-refractivity contribution in [1.29, 1.82) is 0 Å². The van der Waals surface area contributed by atoms with Gasteiger partial charge < -0.3 is 5.11 Å². The SMILES string of the molecule is C/C(=C\C(=O)O)c1cc(F)ccc1F. The molecule has 0 amide bonds. The number of carboxylic acids is 1. The van der Waals surface area contributed by atoms with Crippen molar-refractivity contribution in [2.24, 2.45) is 0 Å². The van der Waals surface area contributed by atoms with Crippen molar-refractivity contribution in [1.82, 2.24) is 0 Å². The topological polar surface area (TPSA) is 37.3 Å². The fraction of sp³-hybridized carbons (Fsp3) is 0.100. The Morgan fingerprint density at radius 3 is 2.64 bits per heavy atom. The predicted molar refractivity (Wildman–Crippen MR) is 47.6 cm³/mol. The zero-order chi connectivity index (χ0) is 10.7. The Morgan fingerprint density at radius 1 is 1.43 bits per heavy atom. The van der Waals surface area contributed by atoms with Crippen LogP contribution in [0, 0.1) is 11.6 Å². The van der Waals surface area contributed by atoms with Crippen LogP contribution in [0.1, 0.15) is 12.5 Å². The van der Waals surface area contributed by atoms with E-state index >= 15 is 0 Å². The van der Waals surface area contributed by atoms with Crippen molar-refractivity contribution >= 4 is 11.5 Å². The van der Waals surface area contributed by atoms with Crippen LogP contribution in [0.25, 0.3) is 5.57 Å². The first-order chi connectivity index (χ1) is 6.50. The molecule has 0 saturated carbocycles. The minimum Gasteiger partial charge on any atom is -0.478 e. The van der Waals surface area contributed by atoms with Gasteiger partial charge in [0.15, 0.2) is 0 Å². The molecule has 1 rings (SSSR count). The summed E-state index contributed by atoms with van der Waals surface area (Å²) in [5.74, 6) is -2.42. The van der Waals surface area contributed by atoms with Gasteiger partial charge in [0.25, 0.3) is 0 Å². The minimum absolute atomic E-state index is 0.0348. The Kier molecular flexibility index (Phi) is 2.96. The molecular weight excluding hydrogens is 190 g/mol. The van der Waals surface area contributed by atoms with Gasteiger partial charge in [0.1, 0.15) is 11.6 Å². The Hall–Kier alpha value is -1.71. The quantitative estimate of drug-likeness (QED) is 0.741. The van der Waals surface area contributed by atoms with E-state index in [-0.39, 0.29) is 11.1 Å². The van der Waals surface area contributed by atoms with Gasteiger partial charge >= 0.3 is 5.97 Å². The second-order valence-corrected chi connectivity index (χ2v) is 2.79. The molecule has 0 bridgehead atoms. The molecule has 0 aromatic heterocycles. The summed E-state index contributed by atoms with van der Waals surface area (Å²) in [5, 5.41) is 8.41. The fourth-order valence-corrected chi connectivity index (χ4v) is 1.06. The monoisotopic (exact) mass is 198 g/mol. The standard InChI is InChI=1S/C10H8F2O2/c1-6(4-10(13)14)8-5-7(11)2-3-9(8)12/h2-5H,1H3,(H,13,14)/b6-4+. The van der Waals surface area contributed by atoms with Crippen LogP contribution < -0.4 is 0 Å². The zero-order valence-electron chi connectivity index (χ0n) is 7.42. The molecule has 0 aliphatic heterocycles. The molecule has 0 radical (unpaired) electrons. The normalized spacial score (nSPS) is 11.5. The van der Waals surface area contributed by atoms with E-state index in [1.165, 1.54) is 6.92 Å². The van der Waals surface area contributed by atoms with E-state index in [9.17, 15) is 13.6 Å². The zero-order valence-corrected chi connectivity index (χ0v) is 7.42. The van der Waals surface area contributed by atoms with Crippen molar-refractivity contribution in [2.75, 3.05) is 0 Å². The van der Waals surface area contributed by atoms with Crippen LogP contribution in [-0.2, 0) is 4.79 Å². The highest BCUT2D eigenvalue weighted by atomic mass is 19.1. The maximum Gasteiger partial charge on any atom is 0.328 e. The van der Waals surface area contributed by atoms with Crippen LogP contribution in [0.3, 0.4) is 0 Å². The molecule has 74 valence electrons. The fourth-order valence-electron chi connectivity index (χ4n) is 1.06. The molecular formula is C10H8F2O2. The van der Waals surface area contributed by atoms with Crippen molar-refractivity contribution < 1.29 is 18.7 Å². The number of carboxylic acid groups (broad SMARTS) is 1. The lowest BCUT2D eigenvalue weighted by atomic mass is 10.1. The summed E-state index contributed by atoms with van der Waals surface area (Å²) in [7, 11) is 0. The number of allylic oxidation sites excluding steroid dienone is 1. The molecule has 0 aliphatic rings. The lowest BCUT2D eigenvalue weighted by molar-refractivity contribution is -0.131. The van der Waals surface area contributed by atoms with Gasteiger partial charge in [-0.2, -0.15) is 0 Å². The van der Waals surface area contributed by atoms with Gasteiger partial charge in [0.05, 0.1) is 0 Å². The van der Waals surface area contributed by atoms with Crippen molar-refractivity contribution in [3.8, 4) is 0 Å². The van der Waals surface area contributed by atoms with Crippen LogP contribution in [-0.4, -0.2) is 11.1 Å². The third-order valence-corrected chi connectivity index (χ3v) is 1.69. The van der Waals surface area contributed by atoms with E-state index in [2.05, 4.69) is 0 Å². The summed E-state index contributed by atoms with van der Waals surface area (Å²) in [6.07, 6.45) is 0.831. The molecule has 0 heterocycles. The average Bonchev–Trinajstić information content (AvgIpc) is 2.08. The smallest absolute Gasteiger partial charge is 0.328 e. The van der Waals surface area contributed by atoms with E-state index in [0.29, 0.717) is 0 Å². The highest BCUT2D eigenvalue weighted by Gasteiger charge is 2.06. The third kappa shape index (κ3) is 2.39. The van der Waals surface area contributed by atoms with Gasteiger partial charge in [-0.05, 0) is 30.7 Å². The molecule has 1 aromatic rings. The molecule has 0 fully saturated rings. The van der Waals surface area contributed by atoms with Crippen LogP contribution in [0.2, 0.25) is 0 Å². The second kappa shape index (κ2) is 4.00. The van der Waals surface area contributed by atoms with Gasteiger partial charge in [-0.15, -0.1) is 0 Å². The number of benzene rings is 1. The molecule has 4 heteroatoms. The summed E-state index contributed by atoms with van der Waals surface area (Å²) in [5.41, 5.74) is 0.141. The first-order valence-corrected chi connectivity index (χ1v) is 3.87. The predicted octanol–water partition coefficient (Wildman–Crippen LogP) is 2.45. The summed E-state index contributed by atoms with van der Waals surface area (Å²) in [6, 6.07) is 2.90. The molecule has 0 saturated heterocycles. The number of hydrogen-bond donors (Lipinski definition) is 1. The Bertz CT molecular complexity index is 397. The lowest BCUT2D eigenvalue weighted by Crippen LogP contribution is -1.93. The van der Waals surface area contributed by atoms with Gasteiger partial charge in [-0.25, -0.2) is 13.6 Å². The van der Waals surface area contributed by atoms with E-state index in [4.69, 9.17) is 5.11 Å². The molecule has 2 nitrogen and oxygen atoms in total. The summed E-state index contributed by atoms with van der Waals surface area (Å²) in [4.78, 5) is 10.3. The number of hydrogen-bond acceptors (Lipinski definition) is 1. The first kappa shape index (κ1) is 10.4. The highest BCUT2D eigenvalue weighted by Crippen LogP contribution is 2.18. The van der Waals surface area contributed by atoms with Crippen LogP contribution in [0.5, 0.6) is 0 Å². The molecule has 14 heavy (non-hydrogen) atoms. The highest BCUT2D eigenvalue weighted by molar-refractivity contribution is 5.89. The van der Waals surface area contributed by atoms with E-state index in [1.807, 2.05) is 0 Å². The summed E-state index contributed by atoms with van der Waals surface area (Å²) >= 11 is 0. The van der Waals surface area contributed by atoms with Crippen LogP contribution >= 0.6 is 0 Å². The number of halogens is 2. The maximum atomic E-state index is 13.1. The first-order valence-electron chi connectivity index (χ1n) is 3.87. The minimum atomic E-state index is -1.19. The van der Waals surface area contributed by atoms with Crippen LogP contribution in [0.15, 0.2) is 24.3 Å². The second-order valence-electron chi connectivity index (χ2n) is 2.79. The largest absolute Gasteiger partial charge is 0.478 e. The van der Waals surface area contributed by atoms with Gasteiger partial charge in [-0.3, -0.25) is 0 Å². The molecule has 0 aliphatic carbocycles. The van der Waals surface area contributed by atoms with Crippen molar-refractivity contribution in [2.45, 2.75) is 6.92 Å².